The van der Waals surface area contributed by atoms with Crippen LogP contribution >= 0.6 is 11.8 Å². The van der Waals surface area contributed by atoms with Crippen LogP contribution in [0.15, 0.2) is 29.6 Å². The van der Waals surface area contributed by atoms with Crippen LogP contribution < -0.4 is 16.0 Å². The zero-order valence-electron chi connectivity index (χ0n) is 10.0. The lowest BCUT2D eigenvalue weighted by Crippen LogP contribution is -2.09. The van der Waals surface area contributed by atoms with E-state index in [1.807, 2.05) is 19.2 Å². The lowest BCUT2D eigenvalue weighted by molar-refractivity contribution is 0.450. The first-order valence-corrected chi connectivity index (χ1v) is 6.44. The van der Waals surface area contributed by atoms with Crippen molar-refractivity contribution in [1.82, 2.24) is 15.0 Å². The van der Waals surface area contributed by atoms with E-state index in [9.17, 15) is 0 Å². The SMILES string of the molecule is CSc1nc(NN)cc(Oc2cccnc2C)n1. The van der Waals surface area contributed by atoms with E-state index in [0.29, 0.717) is 22.6 Å². The largest absolute Gasteiger partial charge is 0.437 e. The number of hydrogen-bond donors (Lipinski definition) is 2. The molecule has 0 aliphatic rings. The molecule has 0 aromatic carbocycles. The Morgan fingerprint density at radius 3 is 2.89 bits per heavy atom. The van der Waals surface area contributed by atoms with Crippen LogP contribution in [0.4, 0.5) is 5.82 Å². The molecule has 2 aromatic heterocycles. The summed E-state index contributed by atoms with van der Waals surface area (Å²) >= 11 is 1.41. The van der Waals surface area contributed by atoms with E-state index in [1.165, 1.54) is 11.8 Å². The predicted octanol–water partition coefficient (Wildman–Crippen LogP) is 1.98. The van der Waals surface area contributed by atoms with E-state index in [0.717, 1.165) is 5.69 Å². The second-order valence-electron chi connectivity index (χ2n) is 3.41. The molecule has 18 heavy (non-hydrogen) atoms. The van der Waals surface area contributed by atoms with Gasteiger partial charge in [0.05, 0.1) is 5.69 Å². The van der Waals surface area contributed by atoms with Crippen molar-refractivity contribution in [2.24, 2.45) is 5.84 Å². The zero-order valence-corrected chi connectivity index (χ0v) is 10.9. The first kappa shape index (κ1) is 12.6. The van der Waals surface area contributed by atoms with Gasteiger partial charge in [-0.1, -0.05) is 11.8 Å². The molecule has 2 rings (SSSR count). The topological polar surface area (TPSA) is 86.0 Å². The smallest absolute Gasteiger partial charge is 0.225 e. The maximum absolute atomic E-state index is 5.67. The highest BCUT2D eigenvalue weighted by atomic mass is 32.2. The van der Waals surface area contributed by atoms with Gasteiger partial charge in [0.25, 0.3) is 0 Å². The van der Waals surface area contributed by atoms with E-state index in [1.54, 1.807) is 18.3 Å². The molecule has 0 fully saturated rings. The molecule has 0 amide bonds. The Bertz CT molecular complexity index is 526. The average Bonchev–Trinajstić information content (AvgIpc) is 2.41. The average molecular weight is 263 g/mol. The van der Waals surface area contributed by atoms with Gasteiger partial charge in [0, 0.05) is 12.3 Å². The van der Waals surface area contributed by atoms with Gasteiger partial charge in [-0.25, -0.2) is 10.8 Å². The number of nitrogens with zero attached hydrogens (tertiary/aromatic N) is 3. The minimum absolute atomic E-state index is 0.429. The second kappa shape index (κ2) is 5.65. The fraction of sp³-hybridized carbons (Fsp3) is 0.182. The van der Waals surface area contributed by atoms with Gasteiger partial charge in [0.2, 0.25) is 5.88 Å². The van der Waals surface area contributed by atoms with Gasteiger partial charge in [-0.2, -0.15) is 4.98 Å². The number of thioether (sulfide) groups is 1. The normalized spacial score (nSPS) is 10.2. The molecule has 3 N–H and O–H groups in total. The van der Waals surface area contributed by atoms with Crippen molar-refractivity contribution in [2.75, 3.05) is 11.7 Å². The molecule has 7 heteroatoms. The van der Waals surface area contributed by atoms with Gasteiger partial charge in [-0.15, -0.1) is 0 Å². The summed E-state index contributed by atoms with van der Waals surface area (Å²) < 4.78 is 5.67. The number of aryl methyl sites for hydroxylation is 1. The molecule has 6 nitrogen and oxygen atoms in total. The first-order chi connectivity index (χ1) is 8.72. The van der Waals surface area contributed by atoms with Crippen LogP contribution in [-0.4, -0.2) is 21.2 Å². The molecule has 0 spiro atoms. The van der Waals surface area contributed by atoms with Crippen molar-refractivity contribution in [3.05, 3.63) is 30.1 Å². The van der Waals surface area contributed by atoms with E-state index in [-0.39, 0.29) is 0 Å². The Balaban J connectivity index is 2.31. The van der Waals surface area contributed by atoms with Crippen LogP contribution in [0.5, 0.6) is 11.6 Å². The molecular formula is C11H13N5OS. The van der Waals surface area contributed by atoms with Crippen LogP contribution in [0.25, 0.3) is 0 Å². The number of aromatic nitrogens is 3. The summed E-state index contributed by atoms with van der Waals surface area (Å²) in [5.41, 5.74) is 3.28. The van der Waals surface area contributed by atoms with Crippen molar-refractivity contribution < 1.29 is 4.74 Å². The van der Waals surface area contributed by atoms with Crippen molar-refractivity contribution in [3.8, 4) is 11.6 Å². The number of nitrogen functional groups attached to an aromatic ring is 1. The Morgan fingerprint density at radius 1 is 1.39 bits per heavy atom. The number of rotatable bonds is 4. The standard InChI is InChI=1S/C11H13N5OS/c1-7-8(4-3-5-13-7)17-10-6-9(16-12)14-11(15-10)18-2/h3-6H,12H2,1-2H3,(H,14,15,16). The molecule has 0 saturated heterocycles. The molecular weight excluding hydrogens is 250 g/mol. The summed E-state index contributed by atoms with van der Waals surface area (Å²) in [5.74, 6) is 6.94. The van der Waals surface area contributed by atoms with E-state index in [4.69, 9.17) is 10.6 Å². The third kappa shape index (κ3) is 2.88. The van der Waals surface area contributed by atoms with Crippen molar-refractivity contribution >= 4 is 17.6 Å². The number of ether oxygens (including phenoxy) is 1. The van der Waals surface area contributed by atoms with Gasteiger partial charge in [0.15, 0.2) is 10.9 Å². The highest BCUT2D eigenvalue weighted by Crippen LogP contribution is 2.25. The molecule has 0 aliphatic heterocycles. The molecule has 0 saturated carbocycles. The van der Waals surface area contributed by atoms with Crippen molar-refractivity contribution in [2.45, 2.75) is 12.1 Å². The number of hydrazine groups is 1. The maximum atomic E-state index is 5.67. The quantitative estimate of drug-likeness (QED) is 0.377. The summed E-state index contributed by atoms with van der Waals surface area (Å²) in [6.07, 6.45) is 3.59. The number of anilines is 1. The van der Waals surface area contributed by atoms with Crippen molar-refractivity contribution in [1.29, 1.82) is 0 Å². The maximum Gasteiger partial charge on any atom is 0.225 e. The van der Waals surface area contributed by atoms with Crippen LogP contribution in [0, 0.1) is 6.92 Å². The zero-order chi connectivity index (χ0) is 13.0. The summed E-state index contributed by atoms with van der Waals surface area (Å²) in [5, 5.41) is 0.585. The Hall–Kier alpha value is -1.86. The summed E-state index contributed by atoms with van der Waals surface area (Å²) in [6, 6.07) is 5.27. The molecule has 2 aromatic rings. The lowest BCUT2D eigenvalue weighted by Gasteiger charge is -2.09. The predicted molar refractivity (Wildman–Crippen MR) is 70.7 cm³/mol. The number of nitrogens with one attached hydrogen (secondary N) is 1. The summed E-state index contributed by atoms with van der Waals surface area (Å²) in [4.78, 5) is 12.5. The molecule has 0 bridgehead atoms. The molecule has 0 aliphatic carbocycles. The van der Waals surface area contributed by atoms with Crippen molar-refractivity contribution in [3.63, 3.8) is 0 Å². The van der Waals surface area contributed by atoms with Crippen LogP contribution in [0.3, 0.4) is 0 Å². The molecule has 94 valence electrons. The first-order valence-electron chi connectivity index (χ1n) is 5.22. The second-order valence-corrected chi connectivity index (χ2v) is 4.18. The number of hydrogen-bond acceptors (Lipinski definition) is 7. The number of nitrogens with two attached hydrogens (primary N) is 1. The van der Waals surface area contributed by atoms with Crippen LogP contribution in [0.1, 0.15) is 5.69 Å². The van der Waals surface area contributed by atoms with Gasteiger partial charge in [0.1, 0.15) is 5.82 Å². The van der Waals surface area contributed by atoms with E-state index >= 15 is 0 Å². The fourth-order valence-electron chi connectivity index (χ4n) is 1.31. The molecule has 0 unspecified atom stereocenters. The molecule has 2 heterocycles. The third-order valence-electron chi connectivity index (χ3n) is 2.19. The minimum atomic E-state index is 0.429. The lowest BCUT2D eigenvalue weighted by atomic mass is 10.3. The van der Waals surface area contributed by atoms with Gasteiger partial charge < -0.3 is 10.2 Å². The van der Waals surface area contributed by atoms with Crippen LogP contribution in [0.2, 0.25) is 0 Å². The highest BCUT2D eigenvalue weighted by molar-refractivity contribution is 7.98. The van der Waals surface area contributed by atoms with Gasteiger partial charge >= 0.3 is 0 Å². The van der Waals surface area contributed by atoms with E-state index < -0.39 is 0 Å². The summed E-state index contributed by atoms with van der Waals surface area (Å²) in [6.45, 7) is 1.87. The summed E-state index contributed by atoms with van der Waals surface area (Å²) in [7, 11) is 0. The third-order valence-corrected chi connectivity index (χ3v) is 2.73. The minimum Gasteiger partial charge on any atom is -0.437 e. The Kier molecular flexibility index (Phi) is 3.96. The van der Waals surface area contributed by atoms with Gasteiger partial charge in [-0.05, 0) is 25.3 Å². The highest BCUT2D eigenvalue weighted by Gasteiger charge is 2.07. The number of pyridine rings is 1. The van der Waals surface area contributed by atoms with E-state index in [2.05, 4.69) is 20.4 Å². The molecule has 0 atom stereocenters. The van der Waals surface area contributed by atoms with Crippen LogP contribution in [-0.2, 0) is 0 Å². The Morgan fingerprint density at radius 2 is 2.22 bits per heavy atom. The fourth-order valence-corrected chi connectivity index (χ4v) is 1.68. The monoisotopic (exact) mass is 263 g/mol. The Labute approximate surface area is 109 Å². The molecule has 0 radical (unpaired) electrons. The van der Waals surface area contributed by atoms with Gasteiger partial charge in [-0.3, -0.25) is 4.98 Å².